The number of hydrogen-bond acceptors (Lipinski definition) is 3. The summed E-state index contributed by atoms with van der Waals surface area (Å²) in [6, 6.07) is 17.3. The maximum Gasteiger partial charge on any atom is 0.123 e. The van der Waals surface area contributed by atoms with Crippen LogP contribution in [0.1, 0.15) is 0 Å². The third kappa shape index (κ3) is 1.48. The maximum absolute atomic E-state index is 10.1. The normalized spacial score (nSPS) is 11.2. The van der Waals surface area contributed by atoms with Gasteiger partial charge in [0.05, 0.1) is 0 Å². The summed E-state index contributed by atoms with van der Waals surface area (Å²) in [7, 11) is 0. The predicted molar refractivity (Wildman–Crippen MR) is 78.5 cm³/mol. The fraction of sp³-hybridized carbons (Fsp3) is 0. The van der Waals surface area contributed by atoms with E-state index in [2.05, 4.69) is 15.4 Å². The molecule has 20 heavy (non-hydrogen) atoms. The molecule has 0 amide bonds. The lowest BCUT2D eigenvalue weighted by Crippen LogP contribution is -1.84. The van der Waals surface area contributed by atoms with Gasteiger partial charge in [0.25, 0.3) is 0 Å². The molecular formula is C16H11N3O. The number of benzene rings is 3. The zero-order valence-electron chi connectivity index (χ0n) is 10.5. The minimum atomic E-state index is 0.243. The van der Waals surface area contributed by atoms with E-state index in [1.807, 2.05) is 42.5 Å². The second-order valence-corrected chi connectivity index (χ2v) is 4.68. The Morgan fingerprint density at radius 1 is 0.800 bits per heavy atom. The van der Waals surface area contributed by atoms with Crippen LogP contribution in [0.15, 0.2) is 54.6 Å². The van der Waals surface area contributed by atoms with Crippen molar-refractivity contribution < 1.29 is 5.11 Å². The highest BCUT2D eigenvalue weighted by Crippen LogP contribution is 2.36. The lowest BCUT2D eigenvalue weighted by molar-refractivity contribution is 0.477. The first-order valence-corrected chi connectivity index (χ1v) is 6.35. The number of phenolic OH excluding ortho intramolecular Hbond substituents is 1. The molecule has 0 fully saturated rings. The van der Waals surface area contributed by atoms with Crippen LogP contribution in [0.2, 0.25) is 0 Å². The third-order valence-corrected chi connectivity index (χ3v) is 3.51. The van der Waals surface area contributed by atoms with Crippen molar-refractivity contribution in [2.45, 2.75) is 0 Å². The average Bonchev–Trinajstić information content (AvgIpc) is 2.97. The molecular weight excluding hydrogens is 250 g/mol. The van der Waals surface area contributed by atoms with Gasteiger partial charge in [-0.3, -0.25) is 0 Å². The number of fused-ring (bicyclic) bond motifs is 3. The van der Waals surface area contributed by atoms with Gasteiger partial charge in [-0.2, -0.15) is 15.4 Å². The molecule has 0 aliphatic carbocycles. The molecule has 0 bridgehead atoms. The summed E-state index contributed by atoms with van der Waals surface area (Å²) >= 11 is 0. The topological polar surface area (TPSA) is 61.8 Å². The molecule has 0 unspecified atom stereocenters. The Bertz CT molecular complexity index is 927. The van der Waals surface area contributed by atoms with Crippen LogP contribution in [0.25, 0.3) is 32.9 Å². The zero-order valence-corrected chi connectivity index (χ0v) is 10.5. The Kier molecular flexibility index (Phi) is 2.23. The van der Waals surface area contributed by atoms with Crippen LogP contribution in [0.5, 0.6) is 5.75 Å². The van der Waals surface area contributed by atoms with Gasteiger partial charge in [0.1, 0.15) is 16.8 Å². The molecule has 4 nitrogen and oxygen atoms in total. The van der Waals surface area contributed by atoms with Gasteiger partial charge in [-0.05, 0) is 17.5 Å². The van der Waals surface area contributed by atoms with Crippen molar-refractivity contribution in [1.29, 1.82) is 0 Å². The predicted octanol–water partition coefficient (Wildman–Crippen LogP) is 3.48. The molecule has 3 aromatic carbocycles. The van der Waals surface area contributed by atoms with Gasteiger partial charge in [-0.15, -0.1) is 0 Å². The number of hydrogen-bond donors (Lipinski definition) is 2. The highest BCUT2D eigenvalue weighted by molar-refractivity contribution is 6.10. The fourth-order valence-corrected chi connectivity index (χ4v) is 2.58. The number of rotatable bonds is 1. The Labute approximate surface area is 114 Å². The van der Waals surface area contributed by atoms with Gasteiger partial charge in [-0.1, -0.05) is 42.5 Å². The molecule has 0 radical (unpaired) electrons. The minimum Gasteiger partial charge on any atom is -0.507 e. The maximum atomic E-state index is 10.1. The molecule has 0 aliphatic heterocycles. The third-order valence-electron chi connectivity index (χ3n) is 3.51. The molecule has 2 N–H and O–H groups in total. The Hall–Kier alpha value is -2.88. The summed E-state index contributed by atoms with van der Waals surface area (Å²) < 4.78 is 0. The standard InChI is InChI=1S/C16H11N3O/c20-14-8-4-3-7-12(14)13-9-10-5-1-2-6-11(10)15-16(13)18-19-17-15/h1-9,20H,(H,17,18,19). The number of aromatic nitrogens is 3. The smallest absolute Gasteiger partial charge is 0.123 e. The van der Waals surface area contributed by atoms with E-state index in [1.54, 1.807) is 12.1 Å². The Balaban J connectivity index is 2.17. The van der Waals surface area contributed by atoms with Crippen LogP contribution in [-0.4, -0.2) is 20.5 Å². The molecule has 1 aromatic heterocycles. The number of H-pyrrole nitrogens is 1. The summed E-state index contributed by atoms with van der Waals surface area (Å²) in [5.41, 5.74) is 3.23. The lowest BCUT2D eigenvalue weighted by Gasteiger charge is -2.07. The van der Waals surface area contributed by atoms with Crippen molar-refractivity contribution in [3.05, 3.63) is 54.6 Å². The van der Waals surface area contributed by atoms with Crippen molar-refractivity contribution in [1.82, 2.24) is 15.4 Å². The van der Waals surface area contributed by atoms with Crippen molar-refractivity contribution in [3.63, 3.8) is 0 Å². The Morgan fingerprint density at radius 2 is 1.55 bits per heavy atom. The van der Waals surface area contributed by atoms with Gasteiger partial charge in [0.15, 0.2) is 0 Å². The van der Waals surface area contributed by atoms with E-state index in [0.29, 0.717) is 0 Å². The highest BCUT2D eigenvalue weighted by atomic mass is 16.3. The number of nitrogens with one attached hydrogen (secondary N) is 1. The molecule has 0 aliphatic rings. The fourth-order valence-electron chi connectivity index (χ4n) is 2.58. The molecule has 96 valence electrons. The summed E-state index contributed by atoms with van der Waals surface area (Å²) in [6.45, 7) is 0. The molecule has 0 saturated carbocycles. The second-order valence-electron chi connectivity index (χ2n) is 4.68. The van der Waals surface area contributed by atoms with Crippen molar-refractivity contribution in [2.24, 2.45) is 0 Å². The van der Waals surface area contributed by atoms with Crippen molar-refractivity contribution in [3.8, 4) is 16.9 Å². The van der Waals surface area contributed by atoms with Crippen molar-refractivity contribution >= 4 is 21.8 Å². The monoisotopic (exact) mass is 261 g/mol. The highest BCUT2D eigenvalue weighted by Gasteiger charge is 2.13. The Morgan fingerprint density at radius 3 is 2.45 bits per heavy atom. The van der Waals surface area contributed by atoms with E-state index in [1.165, 1.54) is 0 Å². The summed E-state index contributed by atoms with van der Waals surface area (Å²) in [5, 5.41) is 23.4. The average molecular weight is 261 g/mol. The summed E-state index contributed by atoms with van der Waals surface area (Å²) in [6.07, 6.45) is 0. The zero-order chi connectivity index (χ0) is 13.5. The van der Waals surface area contributed by atoms with Crippen LogP contribution in [0.4, 0.5) is 0 Å². The number of aromatic amines is 1. The molecule has 1 heterocycles. The van der Waals surface area contributed by atoms with E-state index in [0.717, 1.165) is 32.9 Å². The van der Waals surface area contributed by atoms with Crippen LogP contribution < -0.4 is 0 Å². The first-order valence-electron chi connectivity index (χ1n) is 6.35. The first-order chi connectivity index (χ1) is 9.84. The van der Waals surface area contributed by atoms with E-state index < -0.39 is 0 Å². The lowest BCUT2D eigenvalue weighted by atomic mass is 9.98. The molecule has 4 rings (SSSR count). The van der Waals surface area contributed by atoms with E-state index >= 15 is 0 Å². The largest absolute Gasteiger partial charge is 0.507 e. The minimum absolute atomic E-state index is 0.243. The molecule has 0 saturated heterocycles. The van der Waals surface area contributed by atoms with E-state index in [-0.39, 0.29) is 5.75 Å². The first kappa shape index (κ1) is 11.0. The molecule has 4 aromatic rings. The second kappa shape index (κ2) is 4.06. The van der Waals surface area contributed by atoms with Crippen LogP contribution in [0.3, 0.4) is 0 Å². The van der Waals surface area contributed by atoms with Crippen LogP contribution in [-0.2, 0) is 0 Å². The van der Waals surface area contributed by atoms with Gasteiger partial charge < -0.3 is 5.11 Å². The quantitative estimate of drug-likeness (QED) is 0.551. The van der Waals surface area contributed by atoms with E-state index in [9.17, 15) is 5.11 Å². The van der Waals surface area contributed by atoms with Crippen LogP contribution >= 0.6 is 0 Å². The van der Waals surface area contributed by atoms with Gasteiger partial charge in [-0.25, -0.2) is 0 Å². The summed E-state index contributed by atoms with van der Waals surface area (Å²) in [5.74, 6) is 0.243. The van der Waals surface area contributed by atoms with Gasteiger partial charge in [0, 0.05) is 16.5 Å². The van der Waals surface area contributed by atoms with Gasteiger partial charge >= 0.3 is 0 Å². The molecule has 0 spiro atoms. The number of aromatic hydroxyl groups is 1. The SMILES string of the molecule is Oc1ccccc1-c1cc2ccccc2c2n[nH]nc12. The van der Waals surface area contributed by atoms with Gasteiger partial charge in [0.2, 0.25) is 0 Å². The number of phenols is 1. The number of nitrogens with zero attached hydrogens (tertiary/aromatic N) is 2. The summed E-state index contributed by atoms with van der Waals surface area (Å²) in [4.78, 5) is 0. The van der Waals surface area contributed by atoms with E-state index in [4.69, 9.17) is 0 Å². The van der Waals surface area contributed by atoms with Crippen LogP contribution in [0, 0.1) is 0 Å². The van der Waals surface area contributed by atoms with Crippen molar-refractivity contribution in [2.75, 3.05) is 0 Å². The molecule has 4 heteroatoms. The number of para-hydroxylation sites is 1. The molecule has 0 atom stereocenters.